The lowest BCUT2D eigenvalue weighted by molar-refractivity contribution is 0.0907. The van der Waals surface area contributed by atoms with Gasteiger partial charge in [-0.3, -0.25) is 19.3 Å². The van der Waals surface area contributed by atoms with Gasteiger partial charge in [-0.2, -0.15) is 0 Å². The van der Waals surface area contributed by atoms with Crippen LogP contribution in [0.2, 0.25) is 0 Å². The van der Waals surface area contributed by atoms with E-state index in [2.05, 4.69) is 27.7 Å². The Morgan fingerprint density at radius 3 is 2.27 bits per heavy atom. The normalized spacial score (nSPS) is 14.9. The van der Waals surface area contributed by atoms with Crippen molar-refractivity contribution >= 4 is 11.8 Å². The second-order valence-corrected chi connectivity index (χ2v) is 9.07. The molecule has 0 aliphatic carbocycles. The first-order valence-electron chi connectivity index (χ1n) is 12.0. The molecule has 2 aromatic rings. The Balaban J connectivity index is 1.66. The summed E-state index contributed by atoms with van der Waals surface area (Å²) in [5.41, 5.74) is 0.812. The molecule has 7 heteroatoms. The molecular weight excluding hydrogens is 416 g/mol. The molecule has 0 saturated carbocycles. The number of rotatable bonds is 9. The highest BCUT2D eigenvalue weighted by molar-refractivity contribution is 5.99. The first-order chi connectivity index (χ1) is 15.9. The minimum atomic E-state index is -0.514. The Labute approximate surface area is 196 Å². The fourth-order valence-corrected chi connectivity index (χ4v) is 4.03. The number of piperidine rings is 1. The van der Waals surface area contributed by atoms with Crippen molar-refractivity contribution in [2.45, 2.75) is 65.1 Å². The van der Waals surface area contributed by atoms with Gasteiger partial charge in [0.05, 0.1) is 0 Å². The third-order valence-corrected chi connectivity index (χ3v) is 6.12. The molecule has 3 rings (SSSR count). The number of hydrogen-bond acceptors (Lipinski definition) is 4. The zero-order valence-corrected chi connectivity index (χ0v) is 20.0. The first kappa shape index (κ1) is 24.7. The second-order valence-electron chi connectivity index (χ2n) is 9.07. The third kappa shape index (κ3) is 6.78. The average molecular weight is 453 g/mol. The van der Waals surface area contributed by atoms with Gasteiger partial charge in [-0.1, -0.05) is 43.7 Å². The van der Waals surface area contributed by atoms with Crippen molar-refractivity contribution in [2.24, 2.45) is 0 Å². The lowest BCUT2D eigenvalue weighted by Crippen LogP contribution is -2.45. The molecule has 0 radical (unpaired) electrons. The van der Waals surface area contributed by atoms with Crippen LogP contribution in [-0.2, 0) is 6.54 Å². The van der Waals surface area contributed by atoms with E-state index in [-0.39, 0.29) is 23.2 Å². The maximum Gasteiger partial charge on any atom is 0.256 e. The lowest BCUT2D eigenvalue weighted by atomic mass is 10.0. The molecule has 1 aliphatic heterocycles. The van der Waals surface area contributed by atoms with Crippen LogP contribution in [0.15, 0.2) is 47.5 Å². The summed E-state index contributed by atoms with van der Waals surface area (Å²) in [5.74, 6) is -0.828. The number of amides is 2. The second kappa shape index (κ2) is 11.8. The van der Waals surface area contributed by atoms with Gasteiger partial charge in [0.25, 0.3) is 11.8 Å². The number of carbonyl (C=O) groups is 2. The van der Waals surface area contributed by atoms with Crippen LogP contribution >= 0.6 is 0 Å². The molecule has 0 bridgehead atoms. The van der Waals surface area contributed by atoms with Crippen molar-refractivity contribution in [3.8, 4) is 0 Å². The maximum absolute atomic E-state index is 13.0. The molecule has 0 spiro atoms. The van der Waals surface area contributed by atoms with E-state index in [4.69, 9.17) is 0 Å². The molecule has 7 nitrogen and oxygen atoms in total. The number of unbranched alkanes of at least 4 members (excludes halogenated alkanes) is 1. The number of aromatic nitrogens is 1. The highest BCUT2D eigenvalue weighted by Gasteiger charge is 2.24. The Bertz CT molecular complexity index is 992. The van der Waals surface area contributed by atoms with Crippen LogP contribution < -0.4 is 16.1 Å². The van der Waals surface area contributed by atoms with Gasteiger partial charge < -0.3 is 15.2 Å². The molecule has 1 fully saturated rings. The van der Waals surface area contributed by atoms with Crippen LogP contribution in [-0.4, -0.2) is 47.0 Å². The zero-order chi connectivity index (χ0) is 23.8. The topological polar surface area (TPSA) is 83.4 Å². The van der Waals surface area contributed by atoms with Gasteiger partial charge in [0.1, 0.15) is 11.1 Å². The molecule has 1 aromatic carbocycles. The summed E-state index contributed by atoms with van der Waals surface area (Å²) < 4.78 is 1.76. The summed E-state index contributed by atoms with van der Waals surface area (Å²) in [6, 6.07) is 10.4. The van der Waals surface area contributed by atoms with Gasteiger partial charge in [-0.15, -0.1) is 0 Å². The minimum Gasteiger partial charge on any atom is -0.352 e. The number of likely N-dealkylation sites (tertiary alicyclic amines) is 1. The summed E-state index contributed by atoms with van der Waals surface area (Å²) in [6.45, 7) is 9.12. The summed E-state index contributed by atoms with van der Waals surface area (Å²) in [7, 11) is 0. The molecule has 2 amide bonds. The van der Waals surface area contributed by atoms with Crippen molar-refractivity contribution in [1.29, 1.82) is 0 Å². The minimum absolute atomic E-state index is 0.0125. The van der Waals surface area contributed by atoms with Gasteiger partial charge in [0.2, 0.25) is 5.43 Å². The van der Waals surface area contributed by atoms with E-state index in [0.29, 0.717) is 6.54 Å². The van der Waals surface area contributed by atoms with E-state index in [9.17, 15) is 14.4 Å². The quantitative estimate of drug-likeness (QED) is 0.572. The van der Waals surface area contributed by atoms with Gasteiger partial charge in [0, 0.05) is 50.7 Å². The Hall–Kier alpha value is -2.93. The summed E-state index contributed by atoms with van der Waals surface area (Å²) in [5, 5.41) is 5.82. The van der Waals surface area contributed by atoms with E-state index < -0.39 is 17.2 Å². The molecule has 1 saturated heterocycles. The van der Waals surface area contributed by atoms with Gasteiger partial charge in [-0.05, 0) is 38.7 Å². The van der Waals surface area contributed by atoms with E-state index in [1.54, 1.807) is 17.0 Å². The molecule has 178 valence electrons. The molecule has 0 unspecified atom stereocenters. The largest absolute Gasteiger partial charge is 0.352 e. The number of benzene rings is 1. The van der Waals surface area contributed by atoms with Crippen LogP contribution in [0, 0.1) is 0 Å². The van der Waals surface area contributed by atoms with Crippen molar-refractivity contribution in [3.05, 3.63) is 69.6 Å². The van der Waals surface area contributed by atoms with E-state index in [0.717, 1.165) is 45.3 Å². The van der Waals surface area contributed by atoms with Gasteiger partial charge in [-0.25, -0.2) is 0 Å². The van der Waals surface area contributed by atoms with Crippen LogP contribution in [0.4, 0.5) is 0 Å². The molecule has 2 N–H and O–H groups in total. The monoisotopic (exact) mass is 452 g/mol. The highest BCUT2D eigenvalue weighted by atomic mass is 16.2. The number of nitrogens with zero attached hydrogens (tertiary/aromatic N) is 2. The molecule has 1 aromatic heterocycles. The molecule has 0 atom stereocenters. The Morgan fingerprint density at radius 2 is 1.67 bits per heavy atom. The van der Waals surface area contributed by atoms with Crippen LogP contribution in [0.25, 0.3) is 0 Å². The summed E-state index contributed by atoms with van der Waals surface area (Å²) in [4.78, 5) is 41.0. The van der Waals surface area contributed by atoms with Crippen molar-refractivity contribution in [2.75, 3.05) is 19.6 Å². The number of pyridine rings is 1. The van der Waals surface area contributed by atoms with E-state index in [1.807, 2.05) is 39.0 Å². The maximum atomic E-state index is 13.0. The van der Waals surface area contributed by atoms with Crippen LogP contribution in [0.3, 0.4) is 0 Å². The Kier molecular flexibility index (Phi) is 8.83. The predicted octanol–water partition coefficient (Wildman–Crippen LogP) is 3.35. The standard InChI is InChI=1S/C26H36N4O3/c1-4-5-13-27-25(32)22-17-30(19(2)3)18-23(24(22)31)26(33)28-21-11-14-29(15-12-21)16-20-9-7-6-8-10-20/h6-10,17-19,21H,4-5,11-16H2,1-3H3,(H,27,32)(H,28,33). The fourth-order valence-electron chi connectivity index (χ4n) is 4.03. The van der Waals surface area contributed by atoms with Crippen LogP contribution in [0.5, 0.6) is 0 Å². The molecule has 1 aliphatic rings. The van der Waals surface area contributed by atoms with Gasteiger partial charge in [0.15, 0.2) is 0 Å². The first-order valence-corrected chi connectivity index (χ1v) is 12.0. The van der Waals surface area contributed by atoms with Gasteiger partial charge >= 0.3 is 0 Å². The molecular formula is C26H36N4O3. The number of hydrogen-bond donors (Lipinski definition) is 2. The predicted molar refractivity (Wildman–Crippen MR) is 131 cm³/mol. The zero-order valence-electron chi connectivity index (χ0n) is 20.0. The van der Waals surface area contributed by atoms with E-state index >= 15 is 0 Å². The number of nitrogens with one attached hydrogen (secondary N) is 2. The highest BCUT2D eigenvalue weighted by Crippen LogP contribution is 2.15. The number of carbonyl (C=O) groups excluding carboxylic acids is 2. The fraction of sp³-hybridized carbons (Fsp3) is 0.500. The van der Waals surface area contributed by atoms with Crippen molar-refractivity contribution in [3.63, 3.8) is 0 Å². The third-order valence-electron chi connectivity index (χ3n) is 6.12. The Morgan fingerprint density at radius 1 is 1.03 bits per heavy atom. The smallest absolute Gasteiger partial charge is 0.256 e. The average Bonchev–Trinajstić information content (AvgIpc) is 2.81. The molecule has 2 heterocycles. The van der Waals surface area contributed by atoms with Crippen molar-refractivity contribution < 1.29 is 9.59 Å². The summed E-state index contributed by atoms with van der Waals surface area (Å²) in [6.07, 6.45) is 6.56. The van der Waals surface area contributed by atoms with Crippen molar-refractivity contribution in [1.82, 2.24) is 20.1 Å². The summed E-state index contributed by atoms with van der Waals surface area (Å²) >= 11 is 0. The van der Waals surface area contributed by atoms with E-state index in [1.165, 1.54) is 5.56 Å². The molecule has 33 heavy (non-hydrogen) atoms. The SMILES string of the molecule is CCCCNC(=O)c1cn(C(C)C)cc(C(=O)NC2CCN(Cc3ccccc3)CC2)c1=O. The lowest BCUT2D eigenvalue weighted by Gasteiger charge is -2.32. The van der Waals surface area contributed by atoms with Crippen LogP contribution in [0.1, 0.15) is 78.8 Å².